The van der Waals surface area contributed by atoms with E-state index in [2.05, 4.69) is 33.4 Å². The number of halogens is 1. The first-order chi connectivity index (χ1) is 17.3. The van der Waals surface area contributed by atoms with Crippen molar-refractivity contribution < 1.29 is 9.53 Å². The number of rotatable bonds is 4. The van der Waals surface area contributed by atoms with E-state index in [-0.39, 0.29) is 18.0 Å². The fourth-order valence-corrected chi connectivity index (χ4v) is 5.08. The average molecular weight is 504 g/mol. The van der Waals surface area contributed by atoms with E-state index in [1.54, 1.807) is 12.0 Å². The molecule has 4 aromatic rings. The van der Waals surface area contributed by atoms with Gasteiger partial charge in [-0.3, -0.25) is 4.79 Å². The molecule has 1 fully saturated rings. The van der Waals surface area contributed by atoms with Crippen molar-refractivity contribution in [1.82, 2.24) is 29.0 Å². The van der Waals surface area contributed by atoms with Gasteiger partial charge in [0.1, 0.15) is 23.6 Å². The second-order valence-electron chi connectivity index (χ2n) is 8.89. The van der Waals surface area contributed by atoms with Gasteiger partial charge in [0.05, 0.1) is 45.7 Å². The summed E-state index contributed by atoms with van der Waals surface area (Å²) in [5.74, 6) is 7.52. The van der Waals surface area contributed by atoms with E-state index < -0.39 is 0 Å². The van der Waals surface area contributed by atoms with E-state index in [1.807, 2.05) is 41.4 Å². The molecule has 0 bridgehead atoms. The summed E-state index contributed by atoms with van der Waals surface area (Å²) < 4.78 is 9.38. The molecule has 0 aliphatic carbocycles. The quantitative estimate of drug-likeness (QED) is 0.338. The highest BCUT2D eigenvalue weighted by Crippen LogP contribution is 2.33. The van der Waals surface area contributed by atoms with Crippen LogP contribution in [0.25, 0.3) is 22.1 Å². The van der Waals surface area contributed by atoms with E-state index >= 15 is 0 Å². The molecule has 1 aromatic carbocycles. The van der Waals surface area contributed by atoms with Gasteiger partial charge in [-0.1, -0.05) is 30.0 Å². The first-order valence-electron chi connectivity index (χ1n) is 11.5. The van der Waals surface area contributed by atoms with Gasteiger partial charge >= 0.3 is 0 Å². The second-order valence-corrected chi connectivity index (χ2v) is 9.30. The molecule has 2 atom stereocenters. The monoisotopic (exact) mass is 503 g/mol. The summed E-state index contributed by atoms with van der Waals surface area (Å²) in [6.07, 6.45) is 5.40. The predicted molar refractivity (Wildman–Crippen MR) is 140 cm³/mol. The lowest BCUT2D eigenvalue weighted by Gasteiger charge is -2.22. The molecule has 4 heterocycles. The zero-order valence-corrected chi connectivity index (χ0v) is 21.1. The van der Waals surface area contributed by atoms with Crippen molar-refractivity contribution in [3.63, 3.8) is 0 Å². The van der Waals surface area contributed by atoms with Crippen LogP contribution in [0.1, 0.15) is 29.4 Å². The molecule has 0 unspecified atom stereocenters. The van der Waals surface area contributed by atoms with Gasteiger partial charge in [-0.05, 0) is 31.6 Å². The minimum absolute atomic E-state index is 0.0298. The summed E-state index contributed by atoms with van der Waals surface area (Å²) in [6, 6.07) is 3.67. The third-order valence-corrected chi connectivity index (χ3v) is 7.08. The van der Waals surface area contributed by atoms with Crippen LogP contribution in [0.15, 0.2) is 37.3 Å². The number of imidazole rings is 1. The fourth-order valence-electron chi connectivity index (χ4n) is 4.88. The molecule has 184 valence electrons. The number of hydrogen-bond acceptors (Lipinski definition) is 6. The third-order valence-electron chi connectivity index (χ3n) is 6.77. The Balaban J connectivity index is 1.57. The van der Waals surface area contributed by atoms with Crippen molar-refractivity contribution in [2.24, 2.45) is 7.05 Å². The molecule has 0 spiro atoms. The number of hydrogen-bond donors (Lipinski definition) is 1. The van der Waals surface area contributed by atoms with Crippen molar-refractivity contribution in [3.8, 4) is 11.8 Å². The Morgan fingerprint density at radius 2 is 2.11 bits per heavy atom. The number of carbonyl (C=O) groups is 1. The Bertz CT molecular complexity index is 1580. The van der Waals surface area contributed by atoms with Crippen LogP contribution in [0.5, 0.6) is 0 Å². The Kier molecular flexibility index (Phi) is 6.16. The van der Waals surface area contributed by atoms with Gasteiger partial charge in [-0.2, -0.15) is 0 Å². The number of carbonyl (C=O) groups excluding carboxylic acids is 1. The lowest BCUT2D eigenvalue weighted by atomic mass is 10.1. The lowest BCUT2D eigenvalue weighted by molar-refractivity contribution is -0.127. The molecule has 1 aliphatic rings. The maximum absolute atomic E-state index is 12.5. The Morgan fingerprint density at radius 1 is 1.33 bits per heavy atom. The molecule has 0 radical (unpaired) electrons. The molecule has 1 saturated heterocycles. The van der Waals surface area contributed by atoms with Crippen molar-refractivity contribution >= 4 is 45.4 Å². The van der Waals surface area contributed by atoms with Crippen molar-refractivity contribution in [1.29, 1.82) is 0 Å². The Morgan fingerprint density at radius 3 is 2.86 bits per heavy atom. The zero-order chi connectivity index (χ0) is 25.6. The highest BCUT2D eigenvalue weighted by atomic mass is 35.5. The predicted octanol–water partition coefficient (Wildman–Crippen LogP) is 3.24. The summed E-state index contributed by atoms with van der Waals surface area (Å²) in [4.78, 5) is 27.5. The molecule has 36 heavy (non-hydrogen) atoms. The number of anilines is 1. The van der Waals surface area contributed by atoms with Crippen molar-refractivity contribution in [3.05, 3.63) is 59.3 Å². The summed E-state index contributed by atoms with van der Waals surface area (Å²) in [5, 5.41) is 1.22. The number of aromatic nitrogens is 5. The number of likely N-dealkylation sites (tertiary alicyclic amines) is 1. The molecular weight excluding hydrogens is 478 g/mol. The van der Waals surface area contributed by atoms with Crippen LogP contribution in [0.3, 0.4) is 0 Å². The summed E-state index contributed by atoms with van der Waals surface area (Å²) in [7, 11) is 3.58. The SMILES string of the molecule is C=CC(=O)N1C[C@@H](n2cc(C#Cc3cc4nc(C)n(C)c4cc3Cl)c3c(N)ncnc32)C[C@@H]1COC. The number of nitrogen functional groups attached to an aromatic ring is 1. The summed E-state index contributed by atoms with van der Waals surface area (Å²) >= 11 is 6.56. The number of methoxy groups -OCH3 is 1. The second kappa shape index (κ2) is 9.30. The lowest BCUT2D eigenvalue weighted by Crippen LogP contribution is -2.37. The van der Waals surface area contributed by atoms with Gasteiger partial charge in [0, 0.05) is 32.5 Å². The molecule has 5 rings (SSSR count). The van der Waals surface area contributed by atoms with Crippen LogP contribution in [-0.4, -0.2) is 61.2 Å². The first-order valence-corrected chi connectivity index (χ1v) is 11.9. The molecular formula is C26H26ClN7O2. The fraction of sp³-hybridized carbons (Fsp3) is 0.308. The molecule has 1 aliphatic heterocycles. The Labute approximate surface area is 213 Å². The van der Waals surface area contributed by atoms with E-state index in [9.17, 15) is 4.79 Å². The van der Waals surface area contributed by atoms with Gasteiger partial charge in [0.2, 0.25) is 5.91 Å². The van der Waals surface area contributed by atoms with E-state index in [0.29, 0.717) is 52.6 Å². The van der Waals surface area contributed by atoms with Gasteiger partial charge in [0.15, 0.2) is 0 Å². The van der Waals surface area contributed by atoms with Crippen LogP contribution in [-0.2, 0) is 16.6 Å². The van der Waals surface area contributed by atoms with Gasteiger partial charge < -0.3 is 24.5 Å². The topological polar surface area (TPSA) is 104 Å². The van der Waals surface area contributed by atoms with Gasteiger partial charge in [-0.15, -0.1) is 0 Å². The maximum Gasteiger partial charge on any atom is 0.246 e. The minimum atomic E-state index is -0.125. The van der Waals surface area contributed by atoms with Gasteiger partial charge in [-0.25, -0.2) is 15.0 Å². The highest BCUT2D eigenvalue weighted by molar-refractivity contribution is 6.32. The van der Waals surface area contributed by atoms with Crippen molar-refractivity contribution in [2.75, 3.05) is 26.0 Å². The number of nitrogens with zero attached hydrogens (tertiary/aromatic N) is 6. The average Bonchev–Trinajstić information content (AvgIpc) is 3.52. The summed E-state index contributed by atoms with van der Waals surface area (Å²) in [5.41, 5.74) is 10.1. The van der Waals surface area contributed by atoms with Crippen LogP contribution in [0, 0.1) is 18.8 Å². The molecule has 3 aromatic heterocycles. The van der Waals surface area contributed by atoms with E-state index in [0.717, 1.165) is 16.9 Å². The van der Waals surface area contributed by atoms with Crippen LogP contribution in [0.4, 0.5) is 5.82 Å². The molecule has 10 heteroatoms. The normalized spacial score (nSPS) is 17.5. The van der Waals surface area contributed by atoms with Crippen LogP contribution >= 0.6 is 11.6 Å². The number of fused-ring (bicyclic) bond motifs is 2. The molecule has 9 nitrogen and oxygen atoms in total. The number of benzene rings is 1. The minimum Gasteiger partial charge on any atom is -0.383 e. The first kappa shape index (κ1) is 23.9. The smallest absolute Gasteiger partial charge is 0.246 e. The van der Waals surface area contributed by atoms with Gasteiger partial charge in [0.25, 0.3) is 0 Å². The third kappa shape index (κ3) is 3.98. The highest BCUT2D eigenvalue weighted by Gasteiger charge is 2.36. The molecule has 0 saturated carbocycles. The molecule has 1 amide bonds. The van der Waals surface area contributed by atoms with Crippen molar-refractivity contribution in [2.45, 2.75) is 25.4 Å². The summed E-state index contributed by atoms with van der Waals surface area (Å²) in [6.45, 7) is 6.52. The molecule has 2 N–H and O–H groups in total. The zero-order valence-electron chi connectivity index (χ0n) is 20.3. The number of ether oxygens (including phenoxy) is 1. The maximum atomic E-state index is 12.5. The number of aryl methyl sites for hydroxylation is 2. The Hall–Kier alpha value is -3.87. The largest absolute Gasteiger partial charge is 0.383 e. The van der Waals surface area contributed by atoms with E-state index in [4.69, 9.17) is 22.1 Å². The van der Waals surface area contributed by atoms with E-state index in [1.165, 1.54) is 12.4 Å². The number of amides is 1. The number of nitrogens with two attached hydrogens (primary N) is 1. The standard InChI is InChI=1S/C26H26ClN7O2/c1-5-23(35)33-12-18(9-19(33)13-36-4)34-11-17(24-25(28)29-14-30-26(24)34)7-6-16-8-21-22(10-20(16)27)32(3)15(2)31-21/h5,8,10-11,14,18-19H,1,9,12-13H2,2-4H3,(H2,28,29,30)/t18-,19+/m0/s1. The van der Waals surface area contributed by atoms with Crippen LogP contribution < -0.4 is 5.73 Å². The van der Waals surface area contributed by atoms with Crippen LogP contribution in [0.2, 0.25) is 5.02 Å².